The lowest BCUT2D eigenvalue weighted by Gasteiger charge is -2.35. The van der Waals surface area contributed by atoms with Gasteiger partial charge in [-0.05, 0) is 49.9 Å². The van der Waals surface area contributed by atoms with Gasteiger partial charge >= 0.3 is 0 Å². The Bertz CT molecular complexity index is 669. The van der Waals surface area contributed by atoms with Crippen LogP contribution in [0.5, 0.6) is 0 Å². The Morgan fingerprint density at radius 2 is 2.09 bits per heavy atom. The van der Waals surface area contributed by atoms with Gasteiger partial charge in [-0.15, -0.1) is 5.10 Å². The Balaban J connectivity index is 1.78. The quantitative estimate of drug-likeness (QED) is 0.933. The minimum Gasteiger partial charge on any atom is -0.396 e. The van der Waals surface area contributed by atoms with Crippen LogP contribution in [0.4, 0.5) is 4.39 Å². The lowest BCUT2D eigenvalue weighted by Crippen LogP contribution is -2.44. The van der Waals surface area contributed by atoms with Gasteiger partial charge in [0.25, 0.3) is 5.91 Å². The van der Waals surface area contributed by atoms with Crippen LogP contribution in [0.25, 0.3) is 5.69 Å². The molecule has 23 heavy (non-hydrogen) atoms. The number of rotatable bonds is 4. The molecule has 1 unspecified atom stereocenters. The zero-order valence-corrected chi connectivity index (χ0v) is 12.7. The molecule has 0 saturated carbocycles. The molecule has 1 amide bonds. The fourth-order valence-corrected chi connectivity index (χ4v) is 2.95. The molecule has 0 aliphatic carbocycles. The van der Waals surface area contributed by atoms with Crippen LogP contribution in [0.2, 0.25) is 0 Å². The van der Waals surface area contributed by atoms with Crippen molar-refractivity contribution in [2.24, 2.45) is 0 Å². The number of piperidine rings is 1. The molecule has 7 heteroatoms. The average Bonchev–Trinajstić information content (AvgIpc) is 3.06. The number of hydrogen-bond donors (Lipinski definition) is 1. The fraction of sp³-hybridized carbons (Fsp3) is 0.438. The number of benzene rings is 1. The highest BCUT2D eigenvalue weighted by Crippen LogP contribution is 2.21. The van der Waals surface area contributed by atoms with Crippen molar-refractivity contribution < 1.29 is 14.3 Å². The Labute approximate surface area is 133 Å². The van der Waals surface area contributed by atoms with Crippen LogP contribution < -0.4 is 0 Å². The molecule has 0 bridgehead atoms. The molecule has 0 radical (unpaired) electrons. The van der Waals surface area contributed by atoms with Crippen LogP contribution in [0.1, 0.15) is 36.2 Å². The maximum absolute atomic E-state index is 13.0. The van der Waals surface area contributed by atoms with Crippen LogP contribution in [-0.4, -0.2) is 50.1 Å². The van der Waals surface area contributed by atoms with Crippen LogP contribution >= 0.6 is 0 Å². The molecule has 2 aromatic rings. The summed E-state index contributed by atoms with van der Waals surface area (Å²) in [4.78, 5) is 14.4. The Kier molecular flexibility index (Phi) is 4.66. The first-order valence-corrected chi connectivity index (χ1v) is 7.79. The number of likely N-dealkylation sites (tertiary alicyclic amines) is 1. The average molecular weight is 318 g/mol. The number of nitrogens with zero attached hydrogens (tertiary/aromatic N) is 4. The van der Waals surface area contributed by atoms with Gasteiger partial charge in [-0.2, -0.15) is 0 Å². The van der Waals surface area contributed by atoms with Gasteiger partial charge in [-0.25, -0.2) is 9.07 Å². The van der Waals surface area contributed by atoms with Gasteiger partial charge in [0.2, 0.25) is 0 Å². The number of amides is 1. The molecule has 122 valence electrons. The standard InChI is InChI=1S/C16H19FN4O2/c17-12-4-6-14(7-5-12)21-11-15(18-19-21)16(23)20-9-2-1-3-13(20)8-10-22/h4-7,11,13,22H,1-3,8-10H2. The van der Waals surface area contributed by atoms with E-state index in [1.807, 2.05) is 0 Å². The highest BCUT2D eigenvalue weighted by Gasteiger charge is 2.28. The Morgan fingerprint density at radius 3 is 2.83 bits per heavy atom. The number of carbonyl (C=O) groups is 1. The highest BCUT2D eigenvalue weighted by molar-refractivity contribution is 5.92. The van der Waals surface area contributed by atoms with Gasteiger partial charge < -0.3 is 10.0 Å². The number of halogens is 1. The first-order valence-electron chi connectivity index (χ1n) is 7.79. The molecule has 1 fully saturated rings. The minimum absolute atomic E-state index is 0.0530. The van der Waals surface area contributed by atoms with E-state index in [9.17, 15) is 9.18 Å². The molecule has 3 rings (SSSR count). The second-order valence-corrected chi connectivity index (χ2v) is 5.69. The summed E-state index contributed by atoms with van der Waals surface area (Å²) in [6.45, 7) is 0.740. The summed E-state index contributed by atoms with van der Waals surface area (Å²) in [6, 6.07) is 5.87. The Hall–Kier alpha value is -2.28. The van der Waals surface area contributed by atoms with E-state index in [1.54, 1.807) is 23.2 Å². The van der Waals surface area contributed by atoms with Crippen molar-refractivity contribution in [2.75, 3.05) is 13.2 Å². The summed E-state index contributed by atoms with van der Waals surface area (Å²) in [6.07, 6.45) is 5.06. The largest absolute Gasteiger partial charge is 0.396 e. The molecule has 1 atom stereocenters. The van der Waals surface area contributed by atoms with E-state index in [0.29, 0.717) is 18.7 Å². The maximum atomic E-state index is 13.0. The van der Waals surface area contributed by atoms with E-state index in [1.165, 1.54) is 16.8 Å². The normalized spacial score (nSPS) is 18.2. The minimum atomic E-state index is -0.328. The van der Waals surface area contributed by atoms with Crippen LogP contribution in [0, 0.1) is 5.82 Å². The summed E-state index contributed by atoms with van der Waals surface area (Å²) in [5.74, 6) is -0.498. The maximum Gasteiger partial charge on any atom is 0.276 e. The fourth-order valence-electron chi connectivity index (χ4n) is 2.95. The summed E-state index contributed by atoms with van der Waals surface area (Å²) < 4.78 is 14.4. The van der Waals surface area contributed by atoms with Crippen molar-refractivity contribution in [3.8, 4) is 5.69 Å². The van der Waals surface area contributed by atoms with Crippen LogP contribution in [0.15, 0.2) is 30.5 Å². The molecule has 2 heterocycles. The molecule has 1 N–H and O–H groups in total. The molecular weight excluding hydrogens is 299 g/mol. The lowest BCUT2D eigenvalue weighted by molar-refractivity contribution is 0.0568. The molecule has 1 aromatic heterocycles. The van der Waals surface area contributed by atoms with Crippen LogP contribution in [-0.2, 0) is 0 Å². The third-order valence-electron chi connectivity index (χ3n) is 4.15. The first-order chi connectivity index (χ1) is 11.2. The molecule has 1 saturated heterocycles. The molecule has 0 spiro atoms. The van der Waals surface area contributed by atoms with Crippen LogP contribution in [0.3, 0.4) is 0 Å². The van der Waals surface area contributed by atoms with E-state index < -0.39 is 0 Å². The smallest absolute Gasteiger partial charge is 0.276 e. The number of aromatic nitrogens is 3. The van der Waals surface area contributed by atoms with Crippen molar-refractivity contribution in [1.82, 2.24) is 19.9 Å². The SMILES string of the molecule is O=C(c1cn(-c2ccc(F)cc2)nn1)N1CCCCC1CCO. The molecule has 1 aliphatic rings. The zero-order chi connectivity index (χ0) is 16.2. The number of aliphatic hydroxyl groups is 1. The number of carbonyl (C=O) groups excluding carboxylic acids is 1. The topological polar surface area (TPSA) is 71.2 Å². The molecule has 1 aliphatic heterocycles. The van der Waals surface area contributed by atoms with Crippen molar-refractivity contribution >= 4 is 5.91 Å². The Morgan fingerprint density at radius 1 is 1.30 bits per heavy atom. The summed E-state index contributed by atoms with van der Waals surface area (Å²) in [7, 11) is 0. The summed E-state index contributed by atoms with van der Waals surface area (Å²) in [5, 5.41) is 17.1. The van der Waals surface area contributed by atoms with E-state index in [4.69, 9.17) is 5.11 Å². The monoisotopic (exact) mass is 318 g/mol. The zero-order valence-electron chi connectivity index (χ0n) is 12.7. The van der Waals surface area contributed by atoms with Gasteiger partial charge in [0, 0.05) is 19.2 Å². The second-order valence-electron chi connectivity index (χ2n) is 5.69. The lowest BCUT2D eigenvalue weighted by atomic mass is 9.99. The molecule has 6 nitrogen and oxygen atoms in total. The molecule has 1 aromatic carbocycles. The third-order valence-corrected chi connectivity index (χ3v) is 4.15. The second kappa shape index (κ2) is 6.87. The predicted molar refractivity (Wildman–Crippen MR) is 81.7 cm³/mol. The number of hydrogen-bond acceptors (Lipinski definition) is 4. The van der Waals surface area contributed by atoms with Gasteiger partial charge in [0.05, 0.1) is 11.9 Å². The third kappa shape index (κ3) is 3.39. The van der Waals surface area contributed by atoms with Crippen molar-refractivity contribution in [1.29, 1.82) is 0 Å². The highest BCUT2D eigenvalue weighted by atomic mass is 19.1. The van der Waals surface area contributed by atoms with Gasteiger partial charge in [-0.1, -0.05) is 5.21 Å². The van der Waals surface area contributed by atoms with E-state index >= 15 is 0 Å². The van der Waals surface area contributed by atoms with Gasteiger partial charge in [0.15, 0.2) is 5.69 Å². The summed E-state index contributed by atoms with van der Waals surface area (Å²) in [5.41, 5.74) is 0.905. The predicted octanol–water partition coefficient (Wildman–Crippen LogP) is 1.78. The number of aliphatic hydroxyl groups excluding tert-OH is 1. The van der Waals surface area contributed by atoms with Crippen molar-refractivity contribution in [2.45, 2.75) is 31.7 Å². The van der Waals surface area contributed by atoms with Crippen molar-refractivity contribution in [3.05, 3.63) is 42.0 Å². The summed E-state index contributed by atoms with van der Waals surface area (Å²) >= 11 is 0. The molecular formula is C16H19FN4O2. The van der Waals surface area contributed by atoms with Gasteiger partial charge in [0.1, 0.15) is 5.82 Å². The van der Waals surface area contributed by atoms with E-state index in [2.05, 4.69) is 10.3 Å². The van der Waals surface area contributed by atoms with E-state index in [-0.39, 0.29) is 30.1 Å². The van der Waals surface area contributed by atoms with E-state index in [0.717, 1.165) is 19.3 Å². The van der Waals surface area contributed by atoms with Gasteiger partial charge in [-0.3, -0.25) is 4.79 Å². The first kappa shape index (κ1) is 15.6. The van der Waals surface area contributed by atoms with Crippen molar-refractivity contribution in [3.63, 3.8) is 0 Å².